The maximum Gasteiger partial charge on any atom is 0.331 e. The molecule has 67 heavy (non-hydrogen) atoms. The minimum Gasteiger partial charge on any atom is -0.504 e. The van der Waals surface area contributed by atoms with Crippen molar-refractivity contribution >= 4 is 41.5 Å². The number of unbranched alkanes of at least 4 members (excludes halogenated alkanes) is 1. The molecular weight excluding hydrogens is 901 g/mol. The summed E-state index contributed by atoms with van der Waals surface area (Å²) in [6, 6.07) is 5.22. The van der Waals surface area contributed by atoms with Crippen LogP contribution in [0.25, 0.3) is 0 Å². The lowest BCUT2D eigenvalue weighted by atomic mass is 9.71. The molecule has 4 fully saturated rings. The van der Waals surface area contributed by atoms with Gasteiger partial charge in [0, 0.05) is 64.1 Å². The van der Waals surface area contributed by atoms with Crippen LogP contribution in [0.1, 0.15) is 87.5 Å². The number of likely N-dealkylation sites (N-methyl/N-ethyl adjacent to an activating group) is 1. The second kappa shape index (κ2) is 16.8. The number of carbonyl (C=O) groups excluding carboxylic acids is 3. The molecule has 4 saturated heterocycles. The molecule has 2 amide bonds. The Morgan fingerprint density at radius 2 is 1.82 bits per heavy atom. The molecular formula is C48H54N6O11S2. The van der Waals surface area contributed by atoms with Gasteiger partial charge >= 0.3 is 18.0 Å². The number of hydrogen-bond acceptors (Lipinski definition) is 17. The smallest absolute Gasteiger partial charge is 0.331 e. The van der Waals surface area contributed by atoms with E-state index in [1.165, 1.54) is 18.9 Å². The predicted octanol–water partition coefficient (Wildman–Crippen LogP) is 4.69. The molecule has 3 aromatic carbocycles. The van der Waals surface area contributed by atoms with Crippen molar-refractivity contribution < 1.29 is 53.0 Å². The highest BCUT2D eigenvalue weighted by molar-refractivity contribution is 8.00. The van der Waals surface area contributed by atoms with Crippen molar-refractivity contribution in [2.45, 2.75) is 111 Å². The van der Waals surface area contributed by atoms with Crippen molar-refractivity contribution in [3.05, 3.63) is 62.7 Å². The fourth-order valence-corrected chi connectivity index (χ4v) is 15.7. The van der Waals surface area contributed by atoms with Crippen LogP contribution in [0.3, 0.4) is 0 Å². The van der Waals surface area contributed by atoms with Gasteiger partial charge in [-0.1, -0.05) is 12.5 Å². The van der Waals surface area contributed by atoms with Gasteiger partial charge in [-0.15, -0.1) is 11.8 Å². The highest BCUT2D eigenvalue weighted by Gasteiger charge is 2.62. The number of aryl methyl sites for hydroxylation is 1. The third-order valence-corrected chi connectivity index (χ3v) is 18.4. The van der Waals surface area contributed by atoms with E-state index in [0.29, 0.717) is 76.6 Å². The predicted molar refractivity (Wildman–Crippen MR) is 246 cm³/mol. The zero-order valence-electron chi connectivity index (χ0n) is 37.9. The number of esters is 2. The Labute approximate surface area is 396 Å². The Hall–Kier alpha value is -5.26. The van der Waals surface area contributed by atoms with Gasteiger partial charge in [-0.2, -0.15) is 17.0 Å². The lowest BCUT2D eigenvalue weighted by Crippen LogP contribution is -2.69. The van der Waals surface area contributed by atoms with Crippen LogP contribution in [0.5, 0.6) is 40.2 Å². The zero-order chi connectivity index (χ0) is 46.6. The van der Waals surface area contributed by atoms with Crippen LogP contribution in [0.4, 0.5) is 4.79 Å². The number of phenolic OH excluding ortho intramolecular Hbond substituents is 2. The summed E-state index contributed by atoms with van der Waals surface area (Å²) in [5, 5.41) is 43.7. The van der Waals surface area contributed by atoms with Crippen LogP contribution in [-0.4, -0.2) is 126 Å². The van der Waals surface area contributed by atoms with Crippen LogP contribution < -0.4 is 39.6 Å². The van der Waals surface area contributed by atoms with Crippen molar-refractivity contribution in [2.24, 2.45) is 0 Å². The standard InChI is InChI=1S/C48H54N6O11S2/c1-21-12-24-13-27-28(16-49)54-29-17-62-46(58)48(25-15-31(60-4)30(55)14-23(25)10-11-50-48)19-67-45(39(54)38(53(27)3)34(24)40(57)41(21)61-5)36-35(29)44-43(63-20-64-44)22(2)42(36)65-33(56)9-7-6-8-32-37-26(18-66-32)51-47(59)52-37/h12,14-15,26-29,32,37-39,45,50,55,57H,6-11,13,17-20H2,1-5H3,(H2,51,52,59)/t26?,27-,28+,29-,32?,37?,38-,39?,45-,48-/m1/s1. The van der Waals surface area contributed by atoms with E-state index >= 15 is 4.79 Å². The Morgan fingerprint density at radius 1 is 1.00 bits per heavy atom. The van der Waals surface area contributed by atoms with Crippen LogP contribution in [0.2, 0.25) is 0 Å². The van der Waals surface area contributed by atoms with E-state index in [-0.39, 0.29) is 72.2 Å². The first-order valence-electron chi connectivity index (χ1n) is 23.0. The number of rotatable bonds is 8. The molecule has 1 spiro atoms. The molecule has 4 bridgehead atoms. The van der Waals surface area contributed by atoms with Gasteiger partial charge in [0.05, 0.1) is 49.7 Å². The number of phenols is 2. The molecule has 19 heteroatoms. The quantitative estimate of drug-likeness (QED) is 0.0897. The molecule has 4 unspecified atom stereocenters. The monoisotopic (exact) mass is 954 g/mol. The zero-order valence-corrected chi connectivity index (χ0v) is 39.6. The third kappa shape index (κ3) is 6.71. The molecule has 0 aromatic heterocycles. The normalized spacial score (nSPS) is 31.0. The van der Waals surface area contributed by atoms with E-state index in [4.69, 9.17) is 28.4 Å². The summed E-state index contributed by atoms with van der Waals surface area (Å²) in [5.74, 6) is 1.85. The SMILES string of the molecule is COc1cc2c(cc1O)CCN[C@]21CS[C@@H]2c3c(OC(=O)CCCCC4SCC5NC(=O)NC54)c(C)c4c(c3[C@@H](COC1=O)N1C2[C@H]2c3c(cc(C)c(OC)c3O)C[C@H]([C@@H]1C#N)N2C)OCO4. The van der Waals surface area contributed by atoms with Gasteiger partial charge in [0.2, 0.25) is 6.79 Å². The van der Waals surface area contributed by atoms with Crippen LogP contribution >= 0.6 is 23.5 Å². The minimum atomic E-state index is -1.40. The van der Waals surface area contributed by atoms with Crippen molar-refractivity contribution in [3.63, 3.8) is 0 Å². The summed E-state index contributed by atoms with van der Waals surface area (Å²) in [7, 11) is 5.00. The average molecular weight is 955 g/mol. The number of carbonyl (C=O) groups is 3. The van der Waals surface area contributed by atoms with Crippen molar-refractivity contribution in [3.8, 4) is 46.3 Å². The summed E-state index contributed by atoms with van der Waals surface area (Å²) in [6.45, 7) is 3.90. The molecule has 5 N–H and O–H groups in total. The van der Waals surface area contributed by atoms with E-state index in [0.717, 1.165) is 35.3 Å². The molecule has 9 heterocycles. The van der Waals surface area contributed by atoms with Gasteiger partial charge in [0.1, 0.15) is 18.4 Å². The Balaban J connectivity index is 1.05. The highest BCUT2D eigenvalue weighted by atomic mass is 32.2. The first-order chi connectivity index (χ1) is 32.4. The Bertz CT molecular complexity index is 2650. The number of methoxy groups -OCH3 is 2. The molecule has 9 aliphatic heterocycles. The van der Waals surface area contributed by atoms with Crippen molar-refractivity contribution in [1.29, 1.82) is 5.26 Å². The lowest BCUT2D eigenvalue weighted by Gasteiger charge is -2.62. The summed E-state index contributed by atoms with van der Waals surface area (Å²) in [4.78, 5) is 45.6. The first-order valence-corrected chi connectivity index (χ1v) is 25.1. The van der Waals surface area contributed by atoms with E-state index < -0.39 is 46.9 Å². The van der Waals surface area contributed by atoms with Gasteiger partial charge in [-0.3, -0.25) is 19.9 Å². The average Bonchev–Trinajstić information content (AvgIpc) is 4.04. The first kappa shape index (κ1) is 44.3. The Morgan fingerprint density at radius 3 is 2.61 bits per heavy atom. The number of benzene rings is 3. The molecule has 0 saturated carbocycles. The Kier molecular flexibility index (Phi) is 11.1. The molecule has 3 aromatic rings. The maximum absolute atomic E-state index is 15.0. The van der Waals surface area contributed by atoms with Crippen LogP contribution in [0.15, 0.2) is 18.2 Å². The number of fused-ring (bicyclic) bond motifs is 10. The number of nitrogens with zero attached hydrogens (tertiary/aromatic N) is 3. The second-order valence-corrected chi connectivity index (χ2v) is 21.2. The molecule has 354 valence electrons. The third-order valence-electron chi connectivity index (χ3n) is 15.5. The fraction of sp³-hybridized carbons (Fsp3) is 0.542. The van der Waals surface area contributed by atoms with E-state index in [1.807, 2.05) is 38.7 Å². The number of hydrogen-bond donors (Lipinski definition) is 5. The number of urea groups is 1. The van der Waals surface area contributed by atoms with E-state index in [2.05, 4.69) is 31.8 Å². The molecule has 12 rings (SSSR count). The number of thioether (sulfide) groups is 2. The van der Waals surface area contributed by atoms with Crippen molar-refractivity contribution in [2.75, 3.05) is 52.7 Å². The van der Waals surface area contributed by atoms with Gasteiger partial charge in [0.15, 0.2) is 40.0 Å². The fourth-order valence-electron chi connectivity index (χ4n) is 12.5. The summed E-state index contributed by atoms with van der Waals surface area (Å²) >= 11 is 3.32. The van der Waals surface area contributed by atoms with Crippen LogP contribution in [0, 0.1) is 25.2 Å². The lowest BCUT2D eigenvalue weighted by molar-refractivity contribution is -0.157. The molecule has 0 aliphatic carbocycles. The van der Waals surface area contributed by atoms with Gasteiger partial charge in [0.25, 0.3) is 0 Å². The van der Waals surface area contributed by atoms with E-state index in [1.54, 1.807) is 19.2 Å². The highest BCUT2D eigenvalue weighted by Crippen LogP contribution is 2.65. The number of nitrogens with one attached hydrogen (secondary N) is 3. The summed E-state index contributed by atoms with van der Waals surface area (Å²) in [5.41, 5.74) is 4.31. The summed E-state index contributed by atoms with van der Waals surface area (Å²) in [6.07, 6.45) is 3.35. The number of piperazine rings is 1. The minimum absolute atomic E-state index is 0.0322. The van der Waals surface area contributed by atoms with Crippen LogP contribution in [-0.2, 0) is 32.7 Å². The van der Waals surface area contributed by atoms with Gasteiger partial charge in [-0.25, -0.2) is 9.59 Å². The number of aromatic hydroxyl groups is 2. The largest absolute Gasteiger partial charge is 0.504 e. The molecule has 0 radical (unpaired) electrons. The van der Waals surface area contributed by atoms with E-state index in [9.17, 15) is 25.1 Å². The maximum atomic E-state index is 15.0. The topological polar surface area (TPSA) is 213 Å². The van der Waals surface area contributed by atoms with Gasteiger partial charge < -0.3 is 49.3 Å². The number of nitriles is 1. The van der Waals surface area contributed by atoms with Crippen molar-refractivity contribution in [1.82, 2.24) is 25.8 Å². The number of amides is 2. The second-order valence-electron chi connectivity index (χ2n) is 18.8. The summed E-state index contributed by atoms with van der Waals surface area (Å²) < 4.78 is 37.1. The number of ether oxygens (including phenoxy) is 6. The van der Waals surface area contributed by atoms with Gasteiger partial charge in [-0.05, 0) is 81.0 Å². The molecule has 10 atom stereocenters. The molecule has 17 nitrogen and oxygen atoms in total. The molecule has 9 aliphatic rings.